The average molecular weight is 754 g/mol. The maximum atomic E-state index is 6.62. The van der Waals surface area contributed by atoms with Gasteiger partial charge in [0.05, 0.1) is 5.69 Å². The summed E-state index contributed by atoms with van der Waals surface area (Å²) in [6.45, 7) is 0. The van der Waals surface area contributed by atoms with Gasteiger partial charge < -0.3 is 13.7 Å². The third kappa shape index (κ3) is 5.44. The lowest BCUT2D eigenvalue weighted by Gasteiger charge is -2.29. The molecule has 2 aromatic heterocycles. The van der Waals surface area contributed by atoms with Gasteiger partial charge in [-0.05, 0) is 104 Å². The number of fused-ring (bicyclic) bond motifs is 9. The van der Waals surface area contributed by atoms with E-state index in [9.17, 15) is 0 Å². The number of furan rings is 2. The van der Waals surface area contributed by atoms with Crippen LogP contribution in [0.4, 0.5) is 17.1 Å². The summed E-state index contributed by atoms with van der Waals surface area (Å²) in [5, 5.41) is 9.22. The molecule has 0 aliphatic heterocycles. The predicted octanol–water partition coefficient (Wildman–Crippen LogP) is 16.3. The van der Waals surface area contributed by atoms with Crippen molar-refractivity contribution >= 4 is 82.5 Å². The first kappa shape index (κ1) is 33.3. The zero-order valence-corrected chi connectivity index (χ0v) is 32.0. The van der Waals surface area contributed by atoms with E-state index in [2.05, 4.69) is 199 Å². The molecule has 0 N–H and O–H groups in total. The van der Waals surface area contributed by atoms with Crippen molar-refractivity contribution < 1.29 is 8.83 Å². The minimum atomic E-state index is 0.839. The highest BCUT2D eigenvalue weighted by Gasteiger charge is 2.25. The Kier molecular flexibility index (Phi) is 7.54. The van der Waals surface area contributed by atoms with Gasteiger partial charge in [-0.1, -0.05) is 152 Å². The molecule has 2 heterocycles. The molecule has 12 rings (SSSR count). The largest absolute Gasteiger partial charge is 0.456 e. The summed E-state index contributed by atoms with van der Waals surface area (Å²) in [4.78, 5) is 2.40. The first-order valence-electron chi connectivity index (χ1n) is 20.1. The van der Waals surface area contributed by atoms with Gasteiger partial charge in [0.15, 0.2) is 0 Å². The third-order valence-electron chi connectivity index (χ3n) is 11.8. The number of benzene rings is 10. The lowest BCUT2D eigenvalue weighted by atomic mass is 9.92. The number of anilines is 3. The number of nitrogens with zero attached hydrogens (tertiary/aromatic N) is 1. The van der Waals surface area contributed by atoms with Gasteiger partial charge in [-0.3, -0.25) is 0 Å². The normalized spacial score (nSPS) is 11.7. The Morgan fingerprint density at radius 2 is 0.881 bits per heavy atom. The minimum absolute atomic E-state index is 0.839. The van der Waals surface area contributed by atoms with Crippen molar-refractivity contribution in [2.45, 2.75) is 0 Å². The smallest absolute Gasteiger partial charge is 0.137 e. The quantitative estimate of drug-likeness (QED) is 0.158. The van der Waals surface area contributed by atoms with Crippen LogP contribution in [-0.2, 0) is 0 Å². The molecular weight excluding hydrogens is 719 g/mol. The van der Waals surface area contributed by atoms with Crippen molar-refractivity contribution in [3.8, 4) is 33.4 Å². The summed E-state index contributed by atoms with van der Waals surface area (Å²) in [6.07, 6.45) is 0. The van der Waals surface area contributed by atoms with Gasteiger partial charge in [-0.15, -0.1) is 0 Å². The Bertz CT molecular complexity index is 3560. The topological polar surface area (TPSA) is 29.5 Å². The van der Waals surface area contributed by atoms with Crippen LogP contribution in [0.25, 0.3) is 98.8 Å². The van der Waals surface area contributed by atoms with E-state index in [0.717, 1.165) is 83.2 Å². The molecule has 3 heteroatoms. The Morgan fingerprint density at radius 3 is 1.68 bits per heavy atom. The van der Waals surface area contributed by atoms with E-state index in [4.69, 9.17) is 8.83 Å². The molecule has 0 fully saturated rings. The third-order valence-corrected chi connectivity index (χ3v) is 11.8. The molecule has 3 nitrogen and oxygen atoms in total. The Labute approximate surface area is 340 Å². The highest BCUT2D eigenvalue weighted by Crippen LogP contribution is 2.49. The molecule has 0 aliphatic rings. The molecule has 0 radical (unpaired) electrons. The lowest BCUT2D eigenvalue weighted by Crippen LogP contribution is -2.12. The van der Waals surface area contributed by atoms with Crippen LogP contribution in [0.5, 0.6) is 0 Å². The molecule has 0 amide bonds. The monoisotopic (exact) mass is 753 g/mol. The van der Waals surface area contributed by atoms with E-state index >= 15 is 0 Å². The van der Waals surface area contributed by atoms with Crippen LogP contribution >= 0.6 is 0 Å². The molecule has 0 unspecified atom stereocenters. The lowest BCUT2D eigenvalue weighted by molar-refractivity contribution is 0.668. The van der Waals surface area contributed by atoms with E-state index in [1.807, 2.05) is 18.2 Å². The fourth-order valence-electron chi connectivity index (χ4n) is 9.12. The van der Waals surface area contributed by atoms with E-state index in [-0.39, 0.29) is 0 Å². The van der Waals surface area contributed by atoms with Gasteiger partial charge in [-0.25, -0.2) is 0 Å². The highest BCUT2D eigenvalue weighted by atomic mass is 16.3. The highest BCUT2D eigenvalue weighted by molar-refractivity contribution is 6.18. The predicted molar refractivity (Wildman–Crippen MR) is 247 cm³/mol. The summed E-state index contributed by atoms with van der Waals surface area (Å²) >= 11 is 0. The molecule has 0 saturated carbocycles. The van der Waals surface area contributed by atoms with Crippen molar-refractivity contribution in [3.63, 3.8) is 0 Å². The second-order valence-corrected chi connectivity index (χ2v) is 15.2. The Hall–Kier alpha value is -7.88. The summed E-state index contributed by atoms with van der Waals surface area (Å²) < 4.78 is 13.2. The Balaban J connectivity index is 1.19. The van der Waals surface area contributed by atoms with Gasteiger partial charge >= 0.3 is 0 Å². The zero-order chi connectivity index (χ0) is 38.9. The molecule has 0 saturated heterocycles. The molecule has 0 bridgehead atoms. The van der Waals surface area contributed by atoms with Crippen molar-refractivity contribution in [2.75, 3.05) is 4.90 Å². The first-order valence-corrected chi connectivity index (χ1v) is 20.1. The van der Waals surface area contributed by atoms with Crippen LogP contribution in [0.1, 0.15) is 0 Å². The van der Waals surface area contributed by atoms with Crippen LogP contribution in [0.2, 0.25) is 0 Å². The molecule has 276 valence electrons. The van der Waals surface area contributed by atoms with Gasteiger partial charge in [0, 0.05) is 44.5 Å². The second-order valence-electron chi connectivity index (χ2n) is 15.2. The van der Waals surface area contributed by atoms with E-state index < -0.39 is 0 Å². The van der Waals surface area contributed by atoms with E-state index in [1.54, 1.807) is 0 Å². The SMILES string of the molecule is c1ccc(-c2ccc(N(c3ccc4c(c3)oc3ccccc34)c3ccc4oc5ccccc5c4c3-c3ccc4ccc5ccccc5c4c3)cc2-c2ccccc2)cc1. The van der Waals surface area contributed by atoms with Crippen molar-refractivity contribution in [2.24, 2.45) is 0 Å². The van der Waals surface area contributed by atoms with Crippen molar-refractivity contribution in [3.05, 3.63) is 212 Å². The van der Waals surface area contributed by atoms with E-state index in [1.165, 1.54) is 32.7 Å². The standard InChI is InChI=1S/C56H35NO2/c1-3-13-36(14-4-1)44-29-27-41(34-49(44)37-15-5-2-6-16-37)57(42-28-30-46-45-19-9-11-21-51(45)59-54(46)35-42)50-31-32-53-56(47-20-10-12-22-52(47)58-53)55(50)40-26-25-39-24-23-38-17-7-8-18-43(38)48(39)33-40/h1-35H. The van der Waals surface area contributed by atoms with Crippen LogP contribution < -0.4 is 4.90 Å². The number of rotatable bonds is 6. The fraction of sp³-hybridized carbons (Fsp3) is 0. The fourth-order valence-corrected chi connectivity index (χ4v) is 9.12. The van der Waals surface area contributed by atoms with Crippen molar-refractivity contribution in [1.82, 2.24) is 0 Å². The van der Waals surface area contributed by atoms with Crippen LogP contribution in [0.3, 0.4) is 0 Å². The molecule has 0 spiro atoms. The van der Waals surface area contributed by atoms with E-state index in [0.29, 0.717) is 0 Å². The molecule has 0 atom stereocenters. The van der Waals surface area contributed by atoms with Gasteiger partial charge in [0.25, 0.3) is 0 Å². The molecule has 12 aromatic rings. The van der Waals surface area contributed by atoms with Crippen LogP contribution in [0.15, 0.2) is 221 Å². The molecule has 0 aliphatic carbocycles. The average Bonchev–Trinajstić information content (AvgIpc) is 3.88. The van der Waals surface area contributed by atoms with Crippen molar-refractivity contribution in [1.29, 1.82) is 0 Å². The molecule has 59 heavy (non-hydrogen) atoms. The maximum absolute atomic E-state index is 6.62. The van der Waals surface area contributed by atoms with Gasteiger partial charge in [0.1, 0.15) is 22.3 Å². The summed E-state index contributed by atoms with van der Waals surface area (Å²) in [5.41, 5.74) is 13.3. The number of hydrogen-bond donors (Lipinski definition) is 0. The van der Waals surface area contributed by atoms with Gasteiger partial charge in [0.2, 0.25) is 0 Å². The summed E-state index contributed by atoms with van der Waals surface area (Å²) in [7, 11) is 0. The molecule has 10 aromatic carbocycles. The first-order chi connectivity index (χ1) is 29.2. The summed E-state index contributed by atoms with van der Waals surface area (Å²) in [5.74, 6) is 0. The van der Waals surface area contributed by atoms with Gasteiger partial charge in [-0.2, -0.15) is 0 Å². The summed E-state index contributed by atoms with van der Waals surface area (Å²) in [6, 6.07) is 75.9. The number of hydrogen-bond acceptors (Lipinski definition) is 3. The number of para-hydroxylation sites is 2. The maximum Gasteiger partial charge on any atom is 0.137 e. The zero-order valence-electron chi connectivity index (χ0n) is 32.0. The van der Waals surface area contributed by atoms with Crippen LogP contribution in [-0.4, -0.2) is 0 Å². The molecular formula is C56H35NO2. The minimum Gasteiger partial charge on any atom is -0.456 e. The second kappa shape index (κ2) is 13.4. The Morgan fingerprint density at radius 1 is 0.305 bits per heavy atom. The van der Waals surface area contributed by atoms with Crippen LogP contribution in [0, 0.1) is 0 Å².